The summed E-state index contributed by atoms with van der Waals surface area (Å²) in [5.41, 5.74) is 24.9. The number of para-hydroxylation sites is 6. The average molecular weight is 1870 g/mol. The SMILES string of the molecule is c1ccc(-c2nc(-c3ccc(-n4c5ccccc5c5cc6c(cc54)oc4ccccc46)cc3)c3c(n2)sc2ccccc23)cc1.c1ccc(-c2nc(-c3ccc(-n4c5ccccc5c5cc6c(cc54)sc4ccccc46)cc3)c3c(n2)sc2ccccc23)cc1.c1ccc(-c2nc(-c3ccc(-n4c5ccccc5c5cc6c7ccccc7n(-c7ccccc7)c6cc54)cc3)c3c(n2)sc2ccccc23)cc1. The van der Waals surface area contributed by atoms with Crippen LogP contribution in [-0.2, 0) is 0 Å². The van der Waals surface area contributed by atoms with Gasteiger partial charge in [-0.1, -0.05) is 309 Å². The van der Waals surface area contributed by atoms with E-state index in [0.717, 1.165) is 154 Å². The molecule has 0 aliphatic heterocycles. The Morgan fingerprint density at radius 1 is 0.163 bits per heavy atom. The summed E-state index contributed by atoms with van der Waals surface area (Å²) in [6.45, 7) is 0. The van der Waals surface area contributed by atoms with Gasteiger partial charge in [0.2, 0.25) is 0 Å². The van der Waals surface area contributed by atoms with E-state index in [1.54, 1.807) is 34.0 Å². The monoisotopic (exact) mass is 1870 g/mol. The minimum Gasteiger partial charge on any atom is -0.456 e. The Morgan fingerprint density at radius 3 is 0.830 bits per heavy atom. The number of hydrogen-bond donors (Lipinski definition) is 0. The summed E-state index contributed by atoms with van der Waals surface area (Å²) in [6, 6.07) is 160. The zero-order chi connectivity index (χ0) is 92.4. The Labute approximate surface area is 821 Å². The molecule has 658 valence electrons. The second-order valence-electron chi connectivity index (χ2n) is 35.8. The molecule has 0 N–H and O–H groups in total. The number of aromatic nitrogens is 10. The molecule has 19 aromatic carbocycles. The molecule has 0 aliphatic rings. The van der Waals surface area contributed by atoms with Gasteiger partial charge >= 0.3 is 0 Å². The molecule has 0 amide bonds. The molecule has 31 aromatic rings. The highest BCUT2D eigenvalue weighted by Gasteiger charge is 2.27. The van der Waals surface area contributed by atoms with Crippen molar-refractivity contribution in [2.75, 3.05) is 0 Å². The molecule has 12 heterocycles. The first-order chi connectivity index (χ1) is 69.9. The fraction of sp³-hybridized carbons (Fsp3) is 0. The minimum absolute atomic E-state index is 0.742. The van der Waals surface area contributed by atoms with Crippen LogP contribution in [0.3, 0.4) is 0 Å². The van der Waals surface area contributed by atoms with Crippen LogP contribution in [0.25, 0.3) is 281 Å². The third kappa shape index (κ3) is 13.1. The van der Waals surface area contributed by atoms with Gasteiger partial charge in [0.15, 0.2) is 17.5 Å². The van der Waals surface area contributed by atoms with Crippen LogP contribution in [0.4, 0.5) is 0 Å². The minimum atomic E-state index is 0.742. The van der Waals surface area contributed by atoms with E-state index in [-0.39, 0.29) is 0 Å². The maximum absolute atomic E-state index is 6.31. The summed E-state index contributed by atoms with van der Waals surface area (Å²) in [7, 11) is 0. The van der Waals surface area contributed by atoms with Crippen molar-refractivity contribution in [3.8, 4) is 90.7 Å². The lowest BCUT2D eigenvalue weighted by molar-refractivity contribution is 0.669. The van der Waals surface area contributed by atoms with Gasteiger partial charge in [-0.05, 0) is 133 Å². The normalized spacial score (nSPS) is 12.0. The van der Waals surface area contributed by atoms with Crippen LogP contribution in [-0.4, -0.2) is 48.2 Å². The zero-order valence-electron chi connectivity index (χ0n) is 75.2. The summed E-state index contributed by atoms with van der Waals surface area (Å²) < 4.78 is 22.2. The Balaban J connectivity index is 0.000000102. The topological polar surface area (TPSA) is 110 Å². The number of nitrogens with zero attached hydrogens (tertiary/aromatic N) is 10. The molecular formula is C126H74N10OS4. The fourth-order valence-electron chi connectivity index (χ4n) is 21.4. The first-order valence-electron chi connectivity index (χ1n) is 47.2. The van der Waals surface area contributed by atoms with Gasteiger partial charge in [-0.2, -0.15) is 0 Å². The van der Waals surface area contributed by atoms with Gasteiger partial charge in [-0.15, -0.1) is 45.3 Å². The van der Waals surface area contributed by atoms with E-state index in [0.29, 0.717) is 0 Å². The molecule has 0 unspecified atom stereocenters. The lowest BCUT2D eigenvalue weighted by Gasteiger charge is -2.12. The van der Waals surface area contributed by atoms with Crippen molar-refractivity contribution in [1.82, 2.24) is 48.2 Å². The number of rotatable bonds is 10. The molecule has 15 heteroatoms. The van der Waals surface area contributed by atoms with Gasteiger partial charge in [0.25, 0.3) is 0 Å². The average Bonchev–Trinajstić information content (AvgIpc) is 1.55. The molecule has 0 saturated heterocycles. The molecule has 0 fully saturated rings. The van der Waals surface area contributed by atoms with Crippen LogP contribution in [0.5, 0.6) is 0 Å². The van der Waals surface area contributed by atoms with Crippen molar-refractivity contribution in [2.45, 2.75) is 0 Å². The molecule has 0 saturated carbocycles. The molecule has 0 bridgehead atoms. The van der Waals surface area contributed by atoms with Crippen LogP contribution in [0.1, 0.15) is 0 Å². The predicted molar refractivity (Wildman–Crippen MR) is 595 cm³/mol. The molecule has 0 aliphatic carbocycles. The highest BCUT2D eigenvalue weighted by molar-refractivity contribution is 7.27. The Hall–Kier alpha value is -17.7. The summed E-state index contributed by atoms with van der Waals surface area (Å²) in [4.78, 5) is 33.8. The van der Waals surface area contributed by atoms with E-state index < -0.39 is 0 Å². The Morgan fingerprint density at radius 2 is 0.447 bits per heavy atom. The van der Waals surface area contributed by atoms with Gasteiger partial charge < -0.3 is 22.7 Å². The Kier molecular flexibility index (Phi) is 18.6. The van der Waals surface area contributed by atoms with Gasteiger partial charge in [-0.25, -0.2) is 29.9 Å². The van der Waals surface area contributed by atoms with E-state index >= 15 is 0 Å². The van der Waals surface area contributed by atoms with Crippen molar-refractivity contribution in [3.63, 3.8) is 0 Å². The van der Waals surface area contributed by atoms with E-state index in [2.05, 4.69) is 400 Å². The summed E-state index contributed by atoms with van der Waals surface area (Å²) >= 11 is 7.05. The van der Waals surface area contributed by atoms with Crippen LogP contribution >= 0.6 is 45.3 Å². The van der Waals surface area contributed by atoms with E-state index in [1.807, 2.05) is 78.1 Å². The van der Waals surface area contributed by atoms with Gasteiger partial charge in [-0.3, -0.25) is 0 Å². The third-order valence-electron chi connectivity index (χ3n) is 27.8. The van der Waals surface area contributed by atoms with Crippen LogP contribution in [0, 0.1) is 0 Å². The maximum atomic E-state index is 6.31. The van der Waals surface area contributed by atoms with Crippen LogP contribution < -0.4 is 0 Å². The first-order valence-corrected chi connectivity index (χ1v) is 50.4. The number of hydrogen-bond acceptors (Lipinski definition) is 11. The van der Waals surface area contributed by atoms with Crippen molar-refractivity contribution < 1.29 is 4.42 Å². The predicted octanol–water partition coefficient (Wildman–Crippen LogP) is 35.2. The van der Waals surface area contributed by atoms with Crippen molar-refractivity contribution >= 4 is 236 Å². The number of furan rings is 1. The quantitative estimate of drug-likeness (QED) is 0.134. The lowest BCUT2D eigenvalue weighted by atomic mass is 10.0. The van der Waals surface area contributed by atoms with Crippen molar-refractivity contribution in [3.05, 3.63) is 449 Å². The number of fused-ring (bicyclic) bond motifs is 27. The summed E-state index contributed by atoms with van der Waals surface area (Å²) in [5.74, 6) is 2.24. The number of thiophene rings is 4. The van der Waals surface area contributed by atoms with Crippen molar-refractivity contribution in [1.29, 1.82) is 0 Å². The van der Waals surface area contributed by atoms with Gasteiger partial charge in [0.05, 0.1) is 61.2 Å². The van der Waals surface area contributed by atoms with E-state index in [9.17, 15) is 0 Å². The number of benzene rings is 19. The molecule has 0 spiro atoms. The highest BCUT2D eigenvalue weighted by atomic mass is 32.1. The van der Waals surface area contributed by atoms with Gasteiger partial charge in [0, 0.05) is 183 Å². The molecule has 31 rings (SSSR count). The largest absolute Gasteiger partial charge is 0.456 e. The van der Waals surface area contributed by atoms with Crippen LogP contribution in [0.2, 0.25) is 0 Å². The molecule has 11 nitrogen and oxygen atoms in total. The lowest BCUT2D eigenvalue weighted by Crippen LogP contribution is -1.96. The highest BCUT2D eigenvalue weighted by Crippen LogP contribution is 2.49. The maximum Gasteiger partial charge on any atom is 0.161 e. The second-order valence-corrected chi connectivity index (χ2v) is 40.0. The summed E-state index contributed by atoms with van der Waals surface area (Å²) in [6.07, 6.45) is 0. The van der Waals surface area contributed by atoms with Crippen molar-refractivity contribution in [2.24, 2.45) is 0 Å². The third-order valence-corrected chi connectivity index (χ3v) is 32.2. The molecule has 141 heavy (non-hydrogen) atoms. The zero-order valence-corrected chi connectivity index (χ0v) is 78.5. The van der Waals surface area contributed by atoms with Crippen LogP contribution in [0.15, 0.2) is 453 Å². The van der Waals surface area contributed by atoms with E-state index in [1.165, 1.54) is 127 Å². The molecule has 12 aromatic heterocycles. The summed E-state index contributed by atoms with van der Waals surface area (Å²) in [5, 5.41) is 21.8. The molecule has 0 atom stereocenters. The standard InChI is InChI=1S/C46H28N4S.C40H23N3OS.C40H23N3S2/c1-3-13-30(14-4-1)45-47-44(43-35-19-9-12-22-42(35)51-46(43)48-45)29-23-25-32(26-24-29)50-39-21-11-8-18-34(39)37-27-36-33-17-7-10-20-38(33)49(40(36)28-41(37)50)31-15-5-2-6-16-31;1-2-10-25(11-3-1)39-41-38(37-29-14-6-9-17-36(29)45-40(37)42-39)24-18-20-26(21-19-24)43-32-15-7-4-12-27(32)30-22-31-28-13-5-8-16-34(28)44-35(31)23-33(30)43;1-2-10-25(11-3-1)39-41-38(37-29-14-6-9-17-35(29)45-40(37)42-39)24-18-20-26(21-19-24)43-32-15-7-4-12-27(32)30-22-31-28-13-5-8-16-34(28)44-36(31)23-33(30)43/h1-28H;2*1-23H. The second kappa shape index (κ2) is 32.5. The van der Waals surface area contributed by atoms with E-state index in [4.69, 9.17) is 34.3 Å². The smallest absolute Gasteiger partial charge is 0.161 e. The van der Waals surface area contributed by atoms with Gasteiger partial charge in [0.1, 0.15) is 25.7 Å². The molecule has 0 radical (unpaired) electrons. The first kappa shape index (κ1) is 80.6. The Bertz CT molecular complexity index is 10100. The molecular weight excluding hydrogens is 1800 g/mol. The fourth-order valence-corrected chi connectivity index (χ4v) is 25.8.